The number of carbonyl (C=O) groups excluding carboxylic acids is 2. The van der Waals surface area contributed by atoms with Gasteiger partial charge in [0.25, 0.3) is 0 Å². The molecule has 0 bridgehead atoms. The van der Waals surface area contributed by atoms with Gasteiger partial charge in [0, 0.05) is 12.8 Å². The highest BCUT2D eigenvalue weighted by Crippen LogP contribution is 2.47. The summed E-state index contributed by atoms with van der Waals surface area (Å²) in [6.45, 7) is 2.95. The van der Waals surface area contributed by atoms with Crippen LogP contribution in [-0.2, 0) is 32.7 Å². The van der Waals surface area contributed by atoms with Crippen molar-refractivity contribution in [2.45, 2.75) is 185 Å². The van der Waals surface area contributed by atoms with Crippen LogP contribution in [0.3, 0.4) is 0 Å². The average Bonchev–Trinajstić information content (AvgIpc) is 3.27. The number of carbonyl (C=O) groups is 2. The maximum atomic E-state index is 12.8. The number of rotatable bonds is 36. The van der Waals surface area contributed by atoms with Gasteiger partial charge in [0.15, 0.2) is 6.10 Å². The first-order valence-corrected chi connectivity index (χ1v) is 24.6. The van der Waals surface area contributed by atoms with Crippen LogP contribution in [-0.4, -0.2) is 110 Å². The van der Waals surface area contributed by atoms with Gasteiger partial charge in [-0.1, -0.05) is 137 Å². The Bertz CT molecular complexity index is 1500. The van der Waals surface area contributed by atoms with Crippen molar-refractivity contribution < 1.29 is 68.2 Å². The summed E-state index contributed by atoms with van der Waals surface area (Å²) >= 11 is 0. The van der Waals surface area contributed by atoms with E-state index >= 15 is 0 Å². The maximum absolute atomic E-state index is 12.8. The van der Waals surface area contributed by atoms with Crippen molar-refractivity contribution in [1.82, 2.24) is 0 Å². The maximum Gasteiger partial charge on any atom is 0.472 e. The van der Waals surface area contributed by atoms with Crippen molar-refractivity contribution in [3.05, 3.63) is 97.2 Å². The summed E-state index contributed by atoms with van der Waals surface area (Å²) in [6.07, 6.45) is 33.3. The van der Waals surface area contributed by atoms with Gasteiger partial charge in [0.05, 0.1) is 12.7 Å². The average molecular weight is 923 g/mol. The summed E-state index contributed by atoms with van der Waals surface area (Å²) in [5.41, 5.74) is 0. The second-order valence-electron chi connectivity index (χ2n) is 15.7. The van der Waals surface area contributed by atoms with Gasteiger partial charge in [-0.3, -0.25) is 18.6 Å². The lowest BCUT2D eigenvalue weighted by atomic mass is 9.85. The van der Waals surface area contributed by atoms with Crippen LogP contribution in [0.5, 0.6) is 0 Å². The summed E-state index contributed by atoms with van der Waals surface area (Å²) in [7, 11) is -5.19. The predicted octanol–water partition coefficient (Wildman–Crippen LogP) is 8.02. The lowest BCUT2D eigenvalue weighted by Gasteiger charge is -2.41. The van der Waals surface area contributed by atoms with Gasteiger partial charge in [-0.25, -0.2) is 4.57 Å². The molecule has 64 heavy (non-hydrogen) atoms. The first-order valence-electron chi connectivity index (χ1n) is 23.1. The van der Waals surface area contributed by atoms with Gasteiger partial charge in [-0.2, -0.15) is 0 Å². The summed E-state index contributed by atoms with van der Waals surface area (Å²) < 4.78 is 33.4. The van der Waals surface area contributed by atoms with Gasteiger partial charge >= 0.3 is 19.8 Å². The van der Waals surface area contributed by atoms with E-state index in [0.717, 1.165) is 70.6 Å². The molecule has 1 saturated carbocycles. The molecule has 0 aromatic carbocycles. The Labute approximate surface area is 382 Å². The monoisotopic (exact) mass is 923 g/mol. The van der Waals surface area contributed by atoms with Crippen molar-refractivity contribution in [3.63, 3.8) is 0 Å². The Morgan fingerprint density at radius 2 is 1.08 bits per heavy atom. The van der Waals surface area contributed by atoms with Crippen LogP contribution in [0.15, 0.2) is 97.2 Å². The van der Waals surface area contributed by atoms with E-state index in [1.807, 2.05) is 12.2 Å². The summed E-state index contributed by atoms with van der Waals surface area (Å²) in [5, 5.41) is 60.5. The summed E-state index contributed by atoms with van der Waals surface area (Å²) in [6, 6.07) is 0. The standard InChI is InChI=1S/C49H79O14P/c1-3-5-7-9-11-13-15-17-18-19-20-22-24-26-28-30-32-36-42(51)60-38-41(39-61-64(58,59)63-49-47(56)45(54)44(53)46(55)48(49)57)62-43(52)37-33-35-40(50)34-31-29-27-25-23-21-16-14-12-10-8-6-4-2/h6,8,11-14,17-18,20-23,27,29,31,34,40-41,44-50,53-57H,3-5,7,9-10,15-16,19,24-26,28,30,32-33,35-39H2,1-2H3,(H,58,59)/b8-6-,13-11-,14-12-,18-17-,22-20-,23-21-,29-27-,34-31+/t40?,41-,44?,45-,46+,47-,48-,49?/m1/s1. The second-order valence-corrected chi connectivity index (χ2v) is 17.1. The van der Waals surface area contributed by atoms with Crippen LogP contribution in [0.2, 0.25) is 0 Å². The molecule has 1 rings (SSSR count). The zero-order valence-corrected chi connectivity index (χ0v) is 39.0. The fourth-order valence-electron chi connectivity index (χ4n) is 6.26. The second kappa shape index (κ2) is 37.9. The normalized spacial score (nSPS) is 23.0. The topological polar surface area (TPSA) is 230 Å². The Morgan fingerprint density at radius 3 is 1.66 bits per heavy atom. The lowest BCUT2D eigenvalue weighted by molar-refractivity contribution is -0.220. The van der Waals surface area contributed by atoms with Crippen LogP contribution >= 0.6 is 7.82 Å². The number of aliphatic hydroxyl groups excluding tert-OH is 6. The molecule has 0 aliphatic heterocycles. The molecule has 364 valence electrons. The number of esters is 2. The highest BCUT2D eigenvalue weighted by Gasteiger charge is 2.51. The Kier molecular flexibility index (Phi) is 34.8. The predicted molar refractivity (Wildman–Crippen MR) is 250 cm³/mol. The first-order chi connectivity index (χ1) is 30.8. The Balaban J connectivity index is 2.58. The van der Waals surface area contributed by atoms with Crippen LogP contribution in [0.25, 0.3) is 0 Å². The molecule has 0 aromatic rings. The number of phosphoric ester groups is 1. The number of ether oxygens (including phenoxy) is 2. The van der Waals surface area contributed by atoms with E-state index in [1.165, 1.54) is 19.3 Å². The molecule has 14 nitrogen and oxygen atoms in total. The molecule has 0 amide bonds. The fourth-order valence-corrected chi connectivity index (χ4v) is 7.23. The molecule has 1 fully saturated rings. The largest absolute Gasteiger partial charge is 0.472 e. The first kappa shape index (κ1) is 58.7. The quantitative estimate of drug-likeness (QED) is 0.0104. The van der Waals surface area contributed by atoms with E-state index in [-0.39, 0.29) is 25.7 Å². The van der Waals surface area contributed by atoms with Crippen LogP contribution in [0.4, 0.5) is 0 Å². The van der Waals surface area contributed by atoms with Gasteiger partial charge in [-0.05, 0) is 83.5 Å². The highest BCUT2D eigenvalue weighted by molar-refractivity contribution is 7.47. The molecule has 0 saturated heterocycles. The number of unbranched alkanes of at least 4 members (excludes halogenated alkanes) is 7. The smallest absolute Gasteiger partial charge is 0.462 e. The van der Waals surface area contributed by atoms with E-state index < -0.39 is 81.8 Å². The molecule has 4 unspecified atom stereocenters. The van der Waals surface area contributed by atoms with Gasteiger partial charge < -0.3 is 45.0 Å². The lowest BCUT2D eigenvalue weighted by Crippen LogP contribution is -2.64. The minimum absolute atomic E-state index is 0.0943. The highest BCUT2D eigenvalue weighted by atomic mass is 31.2. The molecule has 9 atom stereocenters. The van der Waals surface area contributed by atoms with E-state index in [0.29, 0.717) is 6.42 Å². The number of allylic oxidation sites excluding steroid dienone is 15. The van der Waals surface area contributed by atoms with E-state index in [4.69, 9.17) is 18.5 Å². The van der Waals surface area contributed by atoms with Crippen molar-refractivity contribution in [2.75, 3.05) is 13.2 Å². The molecule has 0 aromatic heterocycles. The number of phosphoric acid groups is 1. The Morgan fingerprint density at radius 1 is 0.578 bits per heavy atom. The zero-order chi connectivity index (χ0) is 47.3. The molecule has 1 aliphatic carbocycles. The minimum atomic E-state index is -5.19. The molecule has 0 radical (unpaired) electrons. The molecule has 1 aliphatic rings. The molecule has 0 heterocycles. The summed E-state index contributed by atoms with van der Waals surface area (Å²) in [4.78, 5) is 35.7. The number of aliphatic hydroxyl groups is 6. The van der Waals surface area contributed by atoms with Gasteiger partial charge in [0.1, 0.15) is 43.2 Å². The Hall–Kier alpha value is -3.27. The molecule has 0 spiro atoms. The van der Waals surface area contributed by atoms with Crippen molar-refractivity contribution >= 4 is 19.8 Å². The van der Waals surface area contributed by atoms with Crippen molar-refractivity contribution in [1.29, 1.82) is 0 Å². The fraction of sp³-hybridized carbons (Fsp3) is 0.633. The summed E-state index contributed by atoms with van der Waals surface area (Å²) in [5.74, 6) is -1.34. The molecular formula is C49H79O14P. The van der Waals surface area contributed by atoms with Crippen molar-refractivity contribution in [3.8, 4) is 0 Å². The molecular weight excluding hydrogens is 843 g/mol. The molecule has 7 N–H and O–H groups in total. The number of hydrogen-bond acceptors (Lipinski definition) is 13. The zero-order valence-electron chi connectivity index (χ0n) is 38.1. The van der Waals surface area contributed by atoms with E-state index in [9.17, 15) is 49.7 Å². The van der Waals surface area contributed by atoms with Gasteiger partial charge in [0.2, 0.25) is 0 Å². The van der Waals surface area contributed by atoms with Crippen LogP contribution < -0.4 is 0 Å². The molecule has 15 heteroatoms. The SMILES string of the molecule is CC/C=C\C/C=C\C/C=C\C/C=C\C=C\C(O)CCCC(=O)O[C@H](COC(=O)CCCCCC/C=C\C/C=C\C/C=C\CCCCC)COP(=O)(O)OC1[C@H](O)[C@H](O)C(O)[C@H](O)[C@H]1O. The third-order valence-electron chi connectivity index (χ3n) is 10.0. The van der Waals surface area contributed by atoms with Crippen LogP contribution in [0, 0.1) is 0 Å². The third kappa shape index (κ3) is 30.0. The van der Waals surface area contributed by atoms with E-state index in [1.54, 1.807) is 12.2 Å². The number of hydrogen-bond donors (Lipinski definition) is 7. The van der Waals surface area contributed by atoms with Crippen molar-refractivity contribution in [2.24, 2.45) is 0 Å². The van der Waals surface area contributed by atoms with Crippen LogP contribution in [0.1, 0.15) is 136 Å². The van der Waals surface area contributed by atoms with E-state index in [2.05, 4.69) is 86.8 Å². The minimum Gasteiger partial charge on any atom is -0.462 e. The van der Waals surface area contributed by atoms with Gasteiger partial charge in [-0.15, -0.1) is 0 Å². The third-order valence-corrected chi connectivity index (χ3v) is 11.0.